The lowest BCUT2D eigenvalue weighted by atomic mass is 10.2. The molecule has 0 aromatic carbocycles. The molecule has 2 aromatic rings. The maximum Gasteiger partial charge on any atom is 0.231 e. The average molecular weight is 266 g/mol. The Morgan fingerprint density at radius 1 is 1.25 bits per heavy atom. The zero-order valence-corrected chi connectivity index (χ0v) is 10.8. The average Bonchev–Trinajstić information content (AvgIpc) is 2.46. The smallest absolute Gasteiger partial charge is 0.231 e. The highest BCUT2D eigenvalue weighted by Gasteiger charge is 2.05. The minimum Gasteiger partial charge on any atom is -0.320 e. The van der Waals surface area contributed by atoms with Gasteiger partial charge in [0.2, 0.25) is 5.91 Å². The zero-order chi connectivity index (χ0) is 14.2. The molecule has 0 fully saturated rings. The summed E-state index contributed by atoms with van der Waals surface area (Å²) >= 11 is 0. The van der Waals surface area contributed by atoms with Crippen molar-refractivity contribution in [1.29, 1.82) is 0 Å². The van der Waals surface area contributed by atoms with Crippen LogP contribution in [0.5, 0.6) is 0 Å². The van der Waals surface area contributed by atoms with Crippen LogP contribution in [0.15, 0.2) is 42.6 Å². The van der Waals surface area contributed by atoms with Gasteiger partial charge in [-0.1, -0.05) is 18.1 Å². The van der Waals surface area contributed by atoms with Crippen LogP contribution in [0.1, 0.15) is 11.4 Å². The van der Waals surface area contributed by atoms with Crippen molar-refractivity contribution in [2.75, 3.05) is 11.9 Å². The highest BCUT2D eigenvalue weighted by atomic mass is 16.1. The monoisotopic (exact) mass is 266 g/mol. The minimum absolute atomic E-state index is 0.167. The van der Waals surface area contributed by atoms with Gasteiger partial charge in [-0.15, -0.1) is 0 Å². The zero-order valence-electron chi connectivity index (χ0n) is 10.8. The molecule has 2 heterocycles. The molecule has 0 bridgehead atoms. The van der Waals surface area contributed by atoms with Gasteiger partial charge in [0.05, 0.1) is 13.0 Å². The molecule has 3 N–H and O–H groups in total. The van der Waals surface area contributed by atoms with Crippen LogP contribution in [0.25, 0.3) is 0 Å². The van der Waals surface area contributed by atoms with E-state index in [1.54, 1.807) is 30.5 Å². The molecular weight excluding hydrogens is 252 g/mol. The molecule has 100 valence electrons. The Hall–Kier alpha value is -2.71. The first-order valence-electron chi connectivity index (χ1n) is 6.13. The first kappa shape index (κ1) is 13.7. The van der Waals surface area contributed by atoms with Crippen molar-refractivity contribution < 1.29 is 4.79 Å². The number of anilines is 1. The molecule has 2 aromatic heterocycles. The fraction of sp³-hybridized carbons (Fsp3) is 0.133. The van der Waals surface area contributed by atoms with E-state index in [-0.39, 0.29) is 18.9 Å². The maximum atomic E-state index is 11.9. The molecule has 0 saturated heterocycles. The Labute approximate surface area is 117 Å². The van der Waals surface area contributed by atoms with Gasteiger partial charge in [0.1, 0.15) is 11.5 Å². The number of nitrogens with zero attached hydrogens (tertiary/aromatic N) is 2. The Balaban J connectivity index is 2.01. The predicted molar refractivity (Wildman–Crippen MR) is 76.7 cm³/mol. The number of hydrogen-bond donors (Lipinski definition) is 2. The summed E-state index contributed by atoms with van der Waals surface area (Å²) in [5, 5.41) is 2.72. The molecule has 0 atom stereocenters. The Morgan fingerprint density at radius 3 is 2.90 bits per heavy atom. The molecule has 5 nitrogen and oxygen atoms in total. The van der Waals surface area contributed by atoms with Gasteiger partial charge in [-0.05, 0) is 30.2 Å². The molecule has 0 aliphatic heterocycles. The van der Waals surface area contributed by atoms with Gasteiger partial charge >= 0.3 is 0 Å². The van der Waals surface area contributed by atoms with Crippen molar-refractivity contribution in [3.63, 3.8) is 0 Å². The van der Waals surface area contributed by atoms with Gasteiger partial charge in [0.25, 0.3) is 0 Å². The molecule has 20 heavy (non-hydrogen) atoms. The summed E-state index contributed by atoms with van der Waals surface area (Å²) in [5.74, 6) is 5.84. The predicted octanol–water partition coefficient (Wildman–Crippen LogP) is 0.968. The second kappa shape index (κ2) is 7.02. The van der Waals surface area contributed by atoms with Crippen LogP contribution in [-0.4, -0.2) is 22.4 Å². The number of carbonyl (C=O) groups excluding carboxylic acids is 1. The molecule has 0 radical (unpaired) electrons. The van der Waals surface area contributed by atoms with Crippen molar-refractivity contribution in [2.45, 2.75) is 6.42 Å². The van der Waals surface area contributed by atoms with Crippen molar-refractivity contribution in [1.82, 2.24) is 9.97 Å². The molecule has 0 saturated carbocycles. The number of aromatic nitrogens is 2. The van der Waals surface area contributed by atoms with Crippen molar-refractivity contribution in [3.8, 4) is 11.8 Å². The first-order chi connectivity index (χ1) is 9.78. The first-order valence-corrected chi connectivity index (χ1v) is 6.13. The second-order valence-corrected chi connectivity index (χ2v) is 3.96. The minimum atomic E-state index is -0.167. The van der Waals surface area contributed by atoms with Crippen LogP contribution in [0, 0.1) is 11.8 Å². The number of pyridine rings is 2. The van der Waals surface area contributed by atoms with E-state index in [2.05, 4.69) is 27.1 Å². The lowest BCUT2D eigenvalue weighted by Crippen LogP contribution is -2.16. The van der Waals surface area contributed by atoms with Crippen LogP contribution >= 0.6 is 0 Å². The summed E-state index contributed by atoms with van der Waals surface area (Å²) in [5.41, 5.74) is 6.59. The molecule has 0 aliphatic carbocycles. The molecule has 1 amide bonds. The molecular formula is C15H14N4O. The SMILES string of the molecule is NCC#Cc1cccc(NC(=O)Cc2ccccn2)n1. The molecule has 0 spiro atoms. The van der Waals surface area contributed by atoms with Gasteiger partial charge in [-0.25, -0.2) is 4.98 Å². The third kappa shape index (κ3) is 4.19. The van der Waals surface area contributed by atoms with E-state index in [1.807, 2.05) is 12.1 Å². The lowest BCUT2D eigenvalue weighted by molar-refractivity contribution is -0.115. The quantitative estimate of drug-likeness (QED) is 0.811. The van der Waals surface area contributed by atoms with Crippen LogP contribution in [0.3, 0.4) is 0 Å². The fourth-order valence-corrected chi connectivity index (χ4v) is 1.57. The third-order valence-corrected chi connectivity index (χ3v) is 2.40. The van der Waals surface area contributed by atoms with E-state index >= 15 is 0 Å². The Bertz CT molecular complexity index is 644. The molecule has 0 unspecified atom stereocenters. The van der Waals surface area contributed by atoms with Gasteiger partial charge in [0.15, 0.2) is 0 Å². The van der Waals surface area contributed by atoms with Crippen LogP contribution in [0.4, 0.5) is 5.82 Å². The van der Waals surface area contributed by atoms with E-state index in [4.69, 9.17) is 5.73 Å². The molecule has 5 heteroatoms. The van der Waals surface area contributed by atoms with E-state index in [0.717, 1.165) is 0 Å². The summed E-state index contributed by atoms with van der Waals surface area (Å²) < 4.78 is 0. The van der Waals surface area contributed by atoms with Crippen molar-refractivity contribution in [3.05, 3.63) is 54.0 Å². The van der Waals surface area contributed by atoms with Gasteiger partial charge in [-0.3, -0.25) is 9.78 Å². The number of nitrogens with one attached hydrogen (secondary N) is 1. The number of nitrogens with two attached hydrogens (primary N) is 1. The fourth-order valence-electron chi connectivity index (χ4n) is 1.57. The number of hydrogen-bond acceptors (Lipinski definition) is 4. The largest absolute Gasteiger partial charge is 0.320 e. The summed E-state index contributed by atoms with van der Waals surface area (Å²) in [4.78, 5) is 20.2. The van der Waals surface area contributed by atoms with Crippen LogP contribution < -0.4 is 11.1 Å². The summed E-state index contributed by atoms with van der Waals surface area (Å²) in [6.45, 7) is 0.276. The number of rotatable bonds is 3. The summed E-state index contributed by atoms with van der Waals surface area (Å²) in [6.07, 6.45) is 1.87. The number of carbonyl (C=O) groups is 1. The van der Waals surface area contributed by atoms with E-state index < -0.39 is 0 Å². The van der Waals surface area contributed by atoms with Crippen molar-refractivity contribution in [2.24, 2.45) is 5.73 Å². The van der Waals surface area contributed by atoms with Gasteiger partial charge < -0.3 is 11.1 Å². The van der Waals surface area contributed by atoms with Crippen LogP contribution in [-0.2, 0) is 11.2 Å². The van der Waals surface area contributed by atoms with E-state index in [0.29, 0.717) is 17.2 Å². The maximum absolute atomic E-state index is 11.9. The van der Waals surface area contributed by atoms with Crippen molar-refractivity contribution >= 4 is 11.7 Å². The van der Waals surface area contributed by atoms with Gasteiger partial charge in [0, 0.05) is 11.9 Å². The highest BCUT2D eigenvalue weighted by molar-refractivity contribution is 5.91. The topological polar surface area (TPSA) is 80.9 Å². The second-order valence-electron chi connectivity index (χ2n) is 3.96. The standard InChI is InChI=1S/C15H14N4O/c16-9-4-7-12-6-3-8-14(18-12)19-15(20)11-13-5-1-2-10-17-13/h1-3,5-6,8,10H,9,11,16H2,(H,18,19,20). The van der Waals surface area contributed by atoms with E-state index in [1.165, 1.54) is 0 Å². The summed E-state index contributed by atoms with van der Waals surface area (Å²) in [7, 11) is 0. The molecule has 2 rings (SSSR count). The molecule has 0 aliphatic rings. The van der Waals surface area contributed by atoms with E-state index in [9.17, 15) is 4.79 Å². The Kier molecular flexibility index (Phi) is 4.81. The lowest BCUT2D eigenvalue weighted by Gasteiger charge is -2.04. The third-order valence-electron chi connectivity index (χ3n) is 2.40. The normalized spacial score (nSPS) is 9.45. The number of amides is 1. The summed E-state index contributed by atoms with van der Waals surface area (Å²) in [6, 6.07) is 10.7. The Morgan fingerprint density at radius 2 is 2.15 bits per heavy atom. The highest BCUT2D eigenvalue weighted by Crippen LogP contribution is 2.05. The van der Waals surface area contributed by atoms with Crippen LogP contribution in [0.2, 0.25) is 0 Å². The van der Waals surface area contributed by atoms with Gasteiger partial charge in [-0.2, -0.15) is 0 Å².